The van der Waals surface area contributed by atoms with Gasteiger partial charge in [0.2, 0.25) is 0 Å². The topological polar surface area (TPSA) is 47.1 Å². The zero-order valence-electron chi connectivity index (χ0n) is 12.9. The van der Waals surface area contributed by atoms with Crippen LogP contribution in [0.3, 0.4) is 0 Å². The summed E-state index contributed by atoms with van der Waals surface area (Å²) in [4.78, 5) is 6.85. The molecule has 1 atom stereocenters. The van der Waals surface area contributed by atoms with Gasteiger partial charge in [-0.2, -0.15) is 0 Å². The number of benzene rings is 1. The number of nitrogens with zero attached hydrogens (tertiary/aromatic N) is 3. The van der Waals surface area contributed by atoms with Crippen LogP contribution in [-0.4, -0.2) is 27.5 Å². The minimum absolute atomic E-state index is 0.116. The Morgan fingerprint density at radius 2 is 1.95 bits per heavy atom. The van der Waals surface area contributed by atoms with Crippen LogP contribution >= 0.6 is 0 Å². The van der Waals surface area contributed by atoms with Gasteiger partial charge in [0.15, 0.2) is 0 Å². The number of aromatic nitrogens is 2. The van der Waals surface area contributed by atoms with E-state index in [1.807, 2.05) is 6.20 Å². The third-order valence-electron chi connectivity index (χ3n) is 4.25. The van der Waals surface area contributed by atoms with Gasteiger partial charge in [-0.15, -0.1) is 0 Å². The Kier molecular flexibility index (Phi) is 4.08. The lowest BCUT2D eigenvalue weighted by molar-refractivity contribution is 0.210. The van der Waals surface area contributed by atoms with Crippen LogP contribution < -0.4 is 5.73 Å². The van der Waals surface area contributed by atoms with E-state index in [1.54, 1.807) is 0 Å². The van der Waals surface area contributed by atoms with Gasteiger partial charge in [0.25, 0.3) is 0 Å². The first kappa shape index (κ1) is 14.3. The predicted octanol–water partition coefficient (Wildman–Crippen LogP) is 2.41. The van der Waals surface area contributed by atoms with Crippen molar-refractivity contribution in [3.8, 4) is 0 Å². The minimum Gasteiger partial charge on any atom is -0.333 e. The van der Waals surface area contributed by atoms with Crippen LogP contribution in [0.25, 0.3) is 0 Å². The summed E-state index contributed by atoms with van der Waals surface area (Å²) in [6.45, 7) is 8.35. The molecule has 0 bridgehead atoms. The van der Waals surface area contributed by atoms with Gasteiger partial charge in [0.1, 0.15) is 5.82 Å². The molecule has 0 saturated heterocycles. The summed E-state index contributed by atoms with van der Waals surface area (Å²) < 4.78 is 2.24. The molecular formula is C17H24N4. The van der Waals surface area contributed by atoms with Crippen molar-refractivity contribution >= 4 is 0 Å². The van der Waals surface area contributed by atoms with Crippen LogP contribution in [0.2, 0.25) is 0 Å². The van der Waals surface area contributed by atoms with Gasteiger partial charge in [0, 0.05) is 38.1 Å². The van der Waals surface area contributed by atoms with E-state index in [9.17, 15) is 0 Å². The zero-order chi connectivity index (χ0) is 14.8. The van der Waals surface area contributed by atoms with Crippen LogP contribution in [-0.2, 0) is 13.1 Å². The Labute approximate surface area is 126 Å². The van der Waals surface area contributed by atoms with Crippen molar-refractivity contribution in [3.05, 3.63) is 53.1 Å². The van der Waals surface area contributed by atoms with E-state index in [1.165, 1.54) is 22.5 Å². The molecule has 1 aliphatic heterocycles. The van der Waals surface area contributed by atoms with Gasteiger partial charge < -0.3 is 10.3 Å². The second-order valence-corrected chi connectivity index (χ2v) is 6.13. The molecule has 0 aliphatic carbocycles. The Balaban J connectivity index is 1.58. The number of hydrogen-bond acceptors (Lipinski definition) is 3. The number of fused-ring (bicyclic) bond motifs is 1. The van der Waals surface area contributed by atoms with Crippen LogP contribution in [0.4, 0.5) is 0 Å². The summed E-state index contributed by atoms with van der Waals surface area (Å²) in [5.74, 6) is 1.17. The average molecular weight is 284 g/mol. The third-order valence-corrected chi connectivity index (χ3v) is 4.25. The number of aryl methyl sites for hydroxylation is 2. The van der Waals surface area contributed by atoms with E-state index in [2.05, 4.69) is 52.7 Å². The first-order valence-electron chi connectivity index (χ1n) is 7.68. The minimum atomic E-state index is 0.116. The van der Waals surface area contributed by atoms with Crippen molar-refractivity contribution in [2.24, 2.45) is 5.73 Å². The number of hydrogen-bond donors (Lipinski definition) is 1. The highest BCUT2D eigenvalue weighted by molar-refractivity contribution is 5.30. The van der Waals surface area contributed by atoms with Crippen LogP contribution in [0.15, 0.2) is 30.6 Å². The second-order valence-electron chi connectivity index (χ2n) is 6.13. The normalized spacial score (nSPS) is 16.7. The van der Waals surface area contributed by atoms with Gasteiger partial charge in [-0.25, -0.2) is 4.98 Å². The SMILES string of the molecule is Cc1cc(C)cc(C(N)CCN2CCn3ccnc3C2)c1. The van der Waals surface area contributed by atoms with Crippen molar-refractivity contribution in [1.29, 1.82) is 0 Å². The molecule has 0 amide bonds. The monoisotopic (exact) mass is 284 g/mol. The quantitative estimate of drug-likeness (QED) is 0.938. The fourth-order valence-electron chi connectivity index (χ4n) is 3.13. The highest BCUT2D eigenvalue weighted by atomic mass is 15.2. The molecule has 4 heteroatoms. The van der Waals surface area contributed by atoms with Gasteiger partial charge in [-0.3, -0.25) is 4.90 Å². The molecule has 1 aromatic heterocycles. The highest BCUT2D eigenvalue weighted by Gasteiger charge is 2.17. The molecule has 2 heterocycles. The van der Waals surface area contributed by atoms with Crippen molar-refractivity contribution in [3.63, 3.8) is 0 Å². The summed E-state index contributed by atoms with van der Waals surface area (Å²) in [6, 6.07) is 6.73. The third kappa shape index (κ3) is 3.34. The molecule has 2 N–H and O–H groups in total. The van der Waals surface area contributed by atoms with E-state index >= 15 is 0 Å². The lowest BCUT2D eigenvalue weighted by Crippen LogP contribution is -2.35. The van der Waals surface area contributed by atoms with Gasteiger partial charge >= 0.3 is 0 Å². The van der Waals surface area contributed by atoms with Crippen molar-refractivity contribution in [2.75, 3.05) is 13.1 Å². The summed E-state index contributed by atoms with van der Waals surface area (Å²) in [5.41, 5.74) is 10.2. The summed E-state index contributed by atoms with van der Waals surface area (Å²) in [7, 11) is 0. The standard InChI is InChI=1S/C17H24N4/c1-13-9-14(2)11-15(10-13)16(18)3-5-20-7-8-21-6-4-19-17(21)12-20/h4,6,9-11,16H,3,5,7-8,12,18H2,1-2H3. The smallest absolute Gasteiger partial charge is 0.122 e. The van der Waals surface area contributed by atoms with Gasteiger partial charge in [-0.1, -0.05) is 29.3 Å². The molecular weight excluding hydrogens is 260 g/mol. The second kappa shape index (κ2) is 6.00. The number of imidazole rings is 1. The van der Waals surface area contributed by atoms with Gasteiger partial charge in [0.05, 0.1) is 6.54 Å². The van der Waals surface area contributed by atoms with E-state index in [-0.39, 0.29) is 6.04 Å². The van der Waals surface area contributed by atoms with E-state index in [0.29, 0.717) is 0 Å². The molecule has 0 fully saturated rings. The fraction of sp³-hybridized carbons (Fsp3) is 0.471. The van der Waals surface area contributed by atoms with Crippen molar-refractivity contribution in [1.82, 2.24) is 14.5 Å². The maximum absolute atomic E-state index is 6.38. The molecule has 2 aromatic rings. The lowest BCUT2D eigenvalue weighted by atomic mass is 9.99. The molecule has 0 saturated carbocycles. The molecule has 0 radical (unpaired) electrons. The Morgan fingerprint density at radius 1 is 1.19 bits per heavy atom. The largest absolute Gasteiger partial charge is 0.333 e. The Morgan fingerprint density at radius 3 is 2.71 bits per heavy atom. The van der Waals surface area contributed by atoms with Crippen molar-refractivity contribution < 1.29 is 0 Å². The van der Waals surface area contributed by atoms with E-state index in [4.69, 9.17) is 5.73 Å². The molecule has 0 spiro atoms. The zero-order valence-corrected chi connectivity index (χ0v) is 12.9. The molecule has 1 aromatic carbocycles. The maximum atomic E-state index is 6.38. The predicted molar refractivity (Wildman–Crippen MR) is 85.0 cm³/mol. The summed E-state index contributed by atoms with van der Waals surface area (Å²) in [5, 5.41) is 0. The molecule has 4 nitrogen and oxygen atoms in total. The van der Waals surface area contributed by atoms with Crippen LogP contribution in [0.5, 0.6) is 0 Å². The van der Waals surface area contributed by atoms with E-state index in [0.717, 1.165) is 32.6 Å². The number of nitrogens with two attached hydrogens (primary N) is 1. The average Bonchev–Trinajstić information content (AvgIpc) is 2.91. The summed E-state index contributed by atoms with van der Waals surface area (Å²) >= 11 is 0. The lowest BCUT2D eigenvalue weighted by Gasteiger charge is -2.28. The molecule has 1 unspecified atom stereocenters. The molecule has 1 aliphatic rings. The number of rotatable bonds is 4. The van der Waals surface area contributed by atoms with Crippen LogP contribution in [0.1, 0.15) is 35.0 Å². The Hall–Kier alpha value is -1.65. The fourth-order valence-corrected chi connectivity index (χ4v) is 3.13. The highest BCUT2D eigenvalue weighted by Crippen LogP contribution is 2.19. The molecule has 112 valence electrons. The van der Waals surface area contributed by atoms with E-state index < -0.39 is 0 Å². The van der Waals surface area contributed by atoms with Crippen molar-refractivity contribution in [2.45, 2.75) is 39.4 Å². The summed E-state index contributed by atoms with van der Waals surface area (Å²) in [6.07, 6.45) is 4.94. The maximum Gasteiger partial charge on any atom is 0.122 e. The first-order chi connectivity index (χ1) is 10.1. The first-order valence-corrected chi connectivity index (χ1v) is 7.68. The Bertz CT molecular complexity index is 597. The van der Waals surface area contributed by atoms with Crippen LogP contribution in [0, 0.1) is 13.8 Å². The molecule has 3 rings (SSSR count). The molecule has 21 heavy (non-hydrogen) atoms. The van der Waals surface area contributed by atoms with Gasteiger partial charge in [-0.05, 0) is 25.8 Å².